The Morgan fingerprint density at radius 2 is 1.55 bits per heavy atom. The number of hydrogen-bond acceptors (Lipinski definition) is 4. The lowest BCUT2D eigenvalue weighted by molar-refractivity contribution is -0.170. The summed E-state index contributed by atoms with van der Waals surface area (Å²) < 4.78 is 33.2. The monoisotopic (exact) mass is 531 g/mol. The Kier molecular flexibility index (Phi) is 7.98. The fourth-order valence-corrected chi connectivity index (χ4v) is 4.95. The first-order chi connectivity index (χ1) is 18.4. The third kappa shape index (κ3) is 6.36. The summed E-state index contributed by atoms with van der Waals surface area (Å²) in [6, 6.07) is 30.3. The van der Waals surface area contributed by atoms with Gasteiger partial charge in [0.25, 0.3) is 0 Å². The van der Waals surface area contributed by atoms with Gasteiger partial charge in [-0.1, -0.05) is 66.2 Å². The summed E-state index contributed by atoms with van der Waals surface area (Å²) >= 11 is 6.20. The second kappa shape index (κ2) is 11.6. The molecule has 4 aromatic rings. The molecule has 0 fully saturated rings. The van der Waals surface area contributed by atoms with Gasteiger partial charge in [-0.3, -0.25) is 0 Å². The lowest BCUT2D eigenvalue weighted by Gasteiger charge is -2.44. The number of rotatable bonds is 9. The zero-order valence-corrected chi connectivity index (χ0v) is 22.3. The zero-order chi connectivity index (χ0) is 26.5. The second-order valence-electron chi connectivity index (χ2n) is 10.0. The van der Waals surface area contributed by atoms with Crippen molar-refractivity contribution in [2.45, 2.75) is 51.4 Å². The molecule has 0 aliphatic carbocycles. The second-order valence-corrected chi connectivity index (χ2v) is 10.5. The molecule has 1 aliphatic heterocycles. The fourth-order valence-electron chi connectivity index (χ4n) is 4.73. The quantitative estimate of drug-likeness (QED) is 0.237. The molecule has 1 aliphatic rings. The summed E-state index contributed by atoms with van der Waals surface area (Å²) in [6.45, 7) is 5.34. The highest BCUT2D eigenvalue weighted by molar-refractivity contribution is 6.30. The Balaban J connectivity index is 1.42. The molecule has 0 aromatic heterocycles. The lowest BCUT2D eigenvalue weighted by Crippen LogP contribution is -2.50. The number of anilines is 1. The summed E-state index contributed by atoms with van der Waals surface area (Å²) in [5.74, 6) is 0.506. The average molecular weight is 532 g/mol. The van der Waals surface area contributed by atoms with Gasteiger partial charge in [0.05, 0.1) is 13.2 Å². The van der Waals surface area contributed by atoms with E-state index in [2.05, 4.69) is 5.32 Å². The van der Waals surface area contributed by atoms with Crippen molar-refractivity contribution in [1.82, 2.24) is 0 Å². The van der Waals surface area contributed by atoms with E-state index in [-0.39, 0.29) is 11.9 Å². The SMILES string of the molecule is CC1(C)Oc2ccc(NCc3cccc(F)c3)cc2C(OCc2ccccc2)C1OCc1cccc(Cl)c1. The van der Waals surface area contributed by atoms with Crippen molar-refractivity contribution in [3.63, 3.8) is 0 Å². The third-order valence-corrected chi connectivity index (χ3v) is 6.86. The van der Waals surface area contributed by atoms with Crippen molar-refractivity contribution in [3.05, 3.63) is 130 Å². The molecule has 2 unspecified atom stereocenters. The van der Waals surface area contributed by atoms with Crippen LogP contribution in [0.4, 0.5) is 10.1 Å². The number of nitrogens with one attached hydrogen (secondary N) is 1. The van der Waals surface area contributed by atoms with Crippen molar-refractivity contribution in [2.75, 3.05) is 5.32 Å². The molecule has 0 bridgehead atoms. The van der Waals surface area contributed by atoms with E-state index < -0.39 is 11.7 Å². The van der Waals surface area contributed by atoms with Crippen LogP contribution in [0.5, 0.6) is 5.75 Å². The first-order valence-electron chi connectivity index (χ1n) is 12.7. The number of benzene rings is 4. The summed E-state index contributed by atoms with van der Waals surface area (Å²) in [5.41, 5.74) is 4.06. The van der Waals surface area contributed by atoms with Crippen LogP contribution >= 0.6 is 11.6 Å². The van der Waals surface area contributed by atoms with Crippen molar-refractivity contribution in [2.24, 2.45) is 0 Å². The Hall–Kier alpha value is -3.38. The Labute approximate surface area is 228 Å². The van der Waals surface area contributed by atoms with Gasteiger partial charge in [-0.15, -0.1) is 0 Å². The van der Waals surface area contributed by atoms with Gasteiger partial charge in [0.2, 0.25) is 0 Å². The molecule has 0 saturated carbocycles. The smallest absolute Gasteiger partial charge is 0.132 e. The molecule has 38 heavy (non-hydrogen) atoms. The molecule has 2 atom stereocenters. The molecular formula is C32H31ClFNO3. The summed E-state index contributed by atoms with van der Waals surface area (Å²) in [6.07, 6.45) is -0.778. The van der Waals surface area contributed by atoms with Crippen LogP contribution in [0.15, 0.2) is 97.1 Å². The number of ether oxygens (including phenoxy) is 3. The van der Waals surface area contributed by atoms with Gasteiger partial charge < -0.3 is 19.5 Å². The van der Waals surface area contributed by atoms with E-state index in [1.165, 1.54) is 12.1 Å². The molecule has 0 radical (unpaired) electrons. The minimum atomic E-state index is -0.649. The molecule has 5 rings (SSSR count). The standard InChI is InChI=1S/C32H31ClFNO3/c1-32(2)31(37-21-24-11-6-12-25(33)16-24)30(36-20-22-8-4-3-5-9-22)28-18-27(14-15-29(28)38-32)35-19-23-10-7-13-26(34)17-23/h3-18,30-31,35H,19-21H2,1-2H3. The van der Waals surface area contributed by atoms with Crippen LogP contribution in [0.3, 0.4) is 0 Å². The van der Waals surface area contributed by atoms with Gasteiger partial charge in [0.1, 0.15) is 29.4 Å². The lowest BCUT2D eigenvalue weighted by atomic mass is 9.87. The van der Waals surface area contributed by atoms with Crippen molar-refractivity contribution >= 4 is 17.3 Å². The van der Waals surface area contributed by atoms with Crippen molar-refractivity contribution in [3.8, 4) is 5.75 Å². The van der Waals surface area contributed by atoms with E-state index in [1.54, 1.807) is 6.07 Å². The van der Waals surface area contributed by atoms with E-state index in [4.69, 9.17) is 25.8 Å². The highest BCUT2D eigenvalue weighted by Crippen LogP contribution is 2.45. The third-order valence-electron chi connectivity index (χ3n) is 6.63. The van der Waals surface area contributed by atoms with Crippen molar-refractivity contribution in [1.29, 1.82) is 0 Å². The molecular weight excluding hydrogens is 501 g/mol. The molecule has 0 spiro atoms. The van der Waals surface area contributed by atoms with Crippen LogP contribution in [-0.4, -0.2) is 11.7 Å². The van der Waals surface area contributed by atoms with E-state index in [0.717, 1.165) is 33.7 Å². The van der Waals surface area contributed by atoms with Crippen molar-refractivity contribution < 1.29 is 18.6 Å². The minimum absolute atomic E-state index is 0.251. The van der Waals surface area contributed by atoms with Gasteiger partial charge >= 0.3 is 0 Å². The van der Waals surface area contributed by atoms with Gasteiger partial charge in [-0.05, 0) is 73.0 Å². The van der Waals surface area contributed by atoms with E-state index in [1.807, 2.05) is 92.7 Å². The first-order valence-corrected chi connectivity index (χ1v) is 13.1. The highest BCUT2D eigenvalue weighted by atomic mass is 35.5. The molecule has 0 saturated heterocycles. The molecule has 4 nitrogen and oxygen atoms in total. The van der Waals surface area contributed by atoms with E-state index in [9.17, 15) is 4.39 Å². The molecule has 1 N–H and O–H groups in total. The summed E-state index contributed by atoms with van der Waals surface area (Å²) in [4.78, 5) is 0. The fraction of sp³-hybridized carbons (Fsp3) is 0.250. The maximum absolute atomic E-state index is 13.6. The van der Waals surface area contributed by atoms with Gasteiger partial charge in [-0.25, -0.2) is 4.39 Å². The maximum Gasteiger partial charge on any atom is 0.132 e. The molecule has 0 amide bonds. The van der Waals surface area contributed by atoms with Crippen LogP contribution in [0.1, 0.15) is 42.2 Å². The van der Waals surface area contributed by atoms with E-state index in [0.29, 0.717) is 24.8 Å². The first kappa shape index (κ1) is 26.2. The Morgan fingerprint density at radius 3 is 2.34 bits per heavy atom. The van der Waals surface area contributed by atoms with Crippen LogP contribution in [0, 0.1) is 5.82 Å². The molecule has 4 aromatic carbocycles. The Morgan fingerprint density at radius 1 is 0.816 bits per heavy atom. The normalized spacial score (nSPS) is 17.9. The van der Waals surface area contributed by atoms with Gasteiger partial charge in [0, 0.05) is 22.8 Å². The summed E-state index contributed by atoms with van der Waals surface area (Å²) in [7, 11) is 0. The van der Waals surface area contributed by atoms with Crippen LogP contribution < -0.4 is 10.1 Å². The largest absolute Gasteiger partial charge is 0.485 e. The van der Waals surface area contributed by atoms with Crippen LogP contribution in [-0.2, 0) is 29.2 Å². The van der Waals surface area contributed by atoms with Gasteiger partial charge in [0.15, 0.2) is 0 Å². The minimum Gasteiger partial charge on any atom is -0.485 e. The Bertz CT molecular complexity index is 1380. The van der Waals surface area contributed by atoms with Crippen LogP contribution in [0.2, 0.25) is 5.02 Å². The molecule has 196 valence electrons. The zero-order valence-electron chi connectivity index (χ0n) is 21.5. The summed E-state index contributed by atoms with van der Waals surface area (Å²) in [5, 5.41) is 4.07. The van der Waals surface area contributed by atoms with Gasteiger partial charge in [-0.2, -0.15) is 0 Å². The predicted octanol–water partition coefficient (Wildman–Crippen LogP) is 8.11. The number of hydrogen-bond donors (Lipinski definition) is 1. The number of halogens is 2. The highest BCUT2D eigenvalue weighted by Gasteiger charge is 2.45. The van der Waals surface area contributed by atoms with E-state index >= 15 is 0 Å². The average Bonchev–Trinajstić information content (AvgIpc) is 2.90. The predicted molar refractivity (Wildman–Crippen MR) is 149 cm³/mol. The molecule has 1 heterocycles. The number of fused-ring (bicyclic) bond motifs is 1. The van der Waals surface area contributed by atoms with Crippen LogP contribution in [0.25, 0.3) is 0 Å². The topological polar surface area (TPSA) is 39.7 Å². The maximum atomic E-state index is 13.6. The molecule has 6 heteroatoms.